The van der Waals surface area contributed by atoms with Crippen LogP contribution < -0.4 is 0 Å². The Hall–Kier alpha value is 3.50. The van der Waals surface area contributed by atoms with Gasteiger partial charge in [-0.2, -0.15) is 0 Å². The molecule has 27 heavy (non-hydrogen) atoms. The molecule has 5 aliphatic rings. The van der Waals surface area contributed by atoms with E-state index in [9.17, 15) is 0 Å². The molecule has 0 amide bonds. The summed E-state index contributed by atoms with van der Waals surface area (Å²) in [5.41, 5.74) is 2.08. The molecule has 4 unspecified atom stereocenters. The smallest absolute Gasteiger partial charge is 0.493 e. The van der Waals surface area contributed by atoms with Crippen LogP contribution >= 0.6 is 47.6 Å². The standard InChI is InChI=1S/C20H36P6.Pb.2H2/c1-13(2,3)17-21-26-18(14(4,5)6)22-25(17)19(15(7,8)9)23(17)20(26,24(18)19)16(10,11)12;;;/h1-12H3;;2*1H/q-2;+2;;. The molecule has 2 radical (unpaired) electrons. The largest absolute Gasteiger partial charge is 2.00 e. The zero-order valence-electron chi connectivity index (χ0n) is 19.2. The summed E-state index contributed by atoms with van der Waals surface area (Å²) < 4.78 is 3.11. The van der Waals surface area contributed by atoms with Crippen LogP contribution in [0.25, 0.3) is 0 Å². The van der Waals surface area contributed by atoms with Crippen molar-refractivity contribution in [2.45, 2.75) is 102 Å². The van der Waals surface area contributed by atoms with Gasteiger partial charge in [0.25, 0.3) is 0 Å². The fourth-order valence-electron chi connectivity index (χ4n) is 6.69. The van der Waals surface area contributed by atoms with Gasteiger partial charge in [0, 0.05) is 12.1 Å². The van der Waals surface area contributed by atoms with Gasteiger partial charge in [-0.3, -0.25) is 15.2 Å². The van der Waals surface area contributed by atoms with Crippen molar-refractivity contribution in [2.24, 2.45) is 21.7 Å². The fraction of sp³-hybridized carbons (Fsp3) is 1.00. The molecule has 0 aliphatic carbocycles. The first-order valence-corrected chi connectivity index (χ1v) is 18.6. The molecule has 4 atom stereocenters. The molecule has 0 aromatic rings. The SMILES string of the molecule is CC(C)(C)C12[P-]P3C4(C(C)(C)C)[P-]P1C1(C(C)(C)C)P2C3(C(C)(C)C)P41.[HH].[HH].[Pb+2]. The van der Waals surface area contributed by atoms with Crippen molar-refractivity contribution in [1.29, 1.82) is 0 Å². The van der Waals surface area contributed by atoms with Gasteiger partial charge in [-0.25, -0.2) is 0 Å². The predicted octanol–water partition coefficient (Wildman–Crippen LogP) is 10.6. The van der Waals surface area contributed by atoms with Crippen molar-refractivity contribution in [3.05, 3.63) is 0 Å². The van der Waals surface area contributed by atoms with Gasteiger partial charge >= 0.3 is 27.3 Å². The van der Waals surface area contributed by atoms with Crippen LogP contribution in [-0.2, 0) is 0 Å². The summed E-state index contributed by atoms with van der Waals surface area (Å²) in [6.07, 6.45) is 0. The number of hydrogen-bond acceptors (Lipinski definition) is 0. The van der Waals surface area contributed by atoms with Crippen LogP contribution in [0, 0.1) is 21.7 Å². The Morgan fingerprint density at radius 3 is 0.963 bits per heavy atom. The molecule has 0 saturated carbocycles. The molecule has 0 spiro atoms. The van der Waals surface area contributed by atoms with E-state index in [2.05, 4.69) is 83.1 Å². The van der Waals surface area contributed by atoms with Gasteiger partial charge in [0.2, 0.25) is 0 Å². The Morgan fingerprint density at radius 1 is 0.519 bits per heavy atom. The van der Waals surface area contributed by atoms with E-state index in [0.29, 0.717) is 21.7 Å². The first-order chi connectivity index (χ1) is 11.4. The quantitative estimate of drug-likeness (QED) is 0.177. The van der Waals surface area contributed by atoms with Gasteiger partial charge in [-0.15, -0.1) is 25.1 Å². The van der Waals surface area contributed by atoms with Gasteiger partial charge < -0.3 is 16.5 Å². The minimum absolute atomic E-state index is 0. The summed E-state index contributed by atoms with van der Waals surface area (Å²) >= 11 is 0. The summed E-state index contributed by atoms with van der Waals surface area (Å²) in [4.78, 5) is 0. The topological polar surface area (TPSA) is 0 Å². The zero-order chi connectivity index (χ0) is 19.7. The maximum absolute atomic E-state index is 2.65. The van der Waals surface area contributed by atoms with Crippen molar-refractivity contribution < 1.29 is 2.85 Å². The van der Waals surface area contributed by atoms with Crippen LogP contribution in [0.1, 0.15) is 85.9 Å². The second-order valence-electron chi connectivity index (χ2n) is 13.0. The van der Waals surface area contributed by atoms with Gasteiger partial charge in [0.15, 0.2) is 0 Å². The molecule has 0 N–H and O–H groups in total. The Bertz CT molecular complexity index is 663. The molecular weight excluding hydrogens is 633 g/mol. The van der Waals surface area contributed by atoms with Crippen LogP contribution in [0.3, 0.4) is 0 Å². The van der Waals surface area contributed by atoms with E-state index in [-0.39, 0.29) is 61.2 Å². The number of hydrogen-bond donors (Lipinski definition) is 0. The van der Waals surface area contributed by atoms with Crippen LogP contribution in [0.4, 0.5) is 0 Å². The van der Waals surface area contributed by atoms with Gasteiger partial charge in [0.05, 0.1) is 0 Å². The van der Waals surface area contributed by atoms with Crippen molar-refractivity contribution >= 4 is 74.9 Å². The Balaban J connectivity index is 0.000001000. The molecule has 0 bridgehead atoms. The molecule has 5 saturated heterocycles. The molecule has 154 valence electrons. The van der Waals surface area contributed by atoms with Crippen molar-refractivity contribution in [3.63, 3.8) is 0 Å². The van der Waals surface area contributed by atoms with Crippen LogP contribution in [0.2, 0.25) is 0 Å². The third kappa shape index (κ3) is 1.86. The Labute approximate surface area is 200 Å². The average molecular weight is 674 g/mol. The van der Waals surface area contributed by atoms with E-state index in [1.807, 2.05) is 16.5 Å². The Kier molecular flexibility index (Phi) is 4.89. The fourth-order valence-corrected chi connectivity index (χ4v) is 69.8. The average Bonchev–Trinajstić information content (AvgIpc) is 2.55. The molecule has 5 heterocycles. The van der Waals surface area contributed by atoms with E-state index in [0.717, 1.165) is 18.6 Å². The van der Waals surface area contributed by atoms with E-state index < -0.39 is 0 Å². The third-order valence-corrected chi connectivity index (χ3v) is 48.1. The third-order valence-electron chi connectivity index (χ3n) is 7.56. The molecule has 0 nitrogen and oxygen atoms in total. The van der Waals surface area contributed by atoms with Crippen LogP contribution in [0.5, 0.6) is 0 Å². The first-order valence-electron chi connectivity index (χ1n) is 10.1. The monoisotopic (exact) mass is 674 g/mol. The second-order valence-corrected chi connectivity index (χ2v) is 31.9. The van der Waals surface area contributed by atoms with Crippen LogP contribution in [0.15, 0.2) is 0 Å². The van der Waals surface area contributed by atoms with Crippen molar-refractivity contribution in [2.75, 3.05) is 0 Å². The van der Waals surface area contributed by atoms with Crippen molar-refractivity contribution in [1.82, 2.24) is 0 Å². The molecule has 0 aromatic carbocycles. The summed E-state index contributed by atoms with van der Waals surface area (Å²) in [6.45, 7) is 31.7. The molecular formula is C20H40P6Pb. The van der Waals surface area contributed by atoms with E-state index >= 15 is 0 Å². The van der Waals surface area contributed by atoms with Crippen LogP contribution in [-0.4, -0.2) is 45.9 Å². The second kappa shape index (κ2) is 5.59. The van der Waals surface area contributed by atoms with Gasteiger partial charge in [-0.1, -0.05) is 93.9 Å². The summed E-state index contributed by atoms with van der Waals surface area (Å²) in [7, 11) is 4.67. The molecule has 0 aromatic heterocycles. The maximum Gasteiger partial charge on any atom is 2.00 e. The van der Waals surface area contributed by atoms with E-state index in [1.165, 1.54) is 0 Å². The van der Waals surface area contributed by atoms with Gasteiger partial charge in [0.1, 0.15) is 0 Å². The summed E-state index contributed by atoms with van der Waals surface area (Å²) in [5, 5.41) is 0. The summed E-state index contributed by atoms with van der Waals surface area (Å²) in [5.74, 6) is 0. The minimum atomic E-state index is 0. The zero-order valence-corrected chi connectivity index (χ0v) is 28.4. The normalized spacial score (nSPS) is 56.4. The van der Waals surface area contributed by atoms with E-state index in [4.69, 9.17) is 0 Å². The van der Waals surface area contributed by atoms with Crippen molar-refractivity contribution in [3.8, 4) is 0 Å². The molecule has 7 heteroatoms. The Morgan fingerprint density at radius 2 is 0.778 bits per heavy atom. The first kappa shape index (κ1) is 23.7. The predicted molar refractivity (Wildman–Crippen MR) is 140 cm³/mol. The minimum Gasteiger partial charge on any atom is -0.493 e. The molecule has 5 fully saturated rings. The molecule has 5 aliphatic heterocycles. The van der Waals surface area contributed by atoms with Gasteiger partial charge in [-0.05, 0) is 10.8 Å². The number of fused-ring (bicyclic) bond motifs is 2. The maximum atomic E-state index is 2.65. The summed E-state index contributed by atoms with van der Waals surface area (Å²) in [6, 6.07) is 0. The number of rotatable bonds is 0. The molecule has 5 rings (SSSR count). The van der Waals surface area contributed by atoms with E-state index in [1.54, 1.807) is 0 Å².